The fourth-order valence-electron chi connectivity index (χ4n) is 1.36. The SMILES string of the molecule is COCNc1ccc(C(C)C(=O)O)cc1SN=O. The molecule has 6 nitrogen and oxygen atoms in total. The van der Waals surface area contributed by atoms with Crippen molar-refractivity contribution < 1.29 is 14.6 Å². The van der Waals surface area contributed by atoms with E-state index in [0.717, 1.165) is 11.9 Å². The van der Waals surface area contributed by atoms with Gasteiger partial charge in [-0.25, -0.2) is 0 Å². The third-order valence-corrected chi connectivity index (χ3v) is 3.03. The minimum absolute atomic E-state index is 0.292. The van der Waals surface area contributed by atoms with Crippen molar-refractivity contribution in [2.75, 3.05) is 19.2 Å². The predicted octanol–water partition coefficient (Wildman–Crippen LogP) is 2.66. The van der Waals surface area contributed by atoms with Gasteiger partial charge in [0.1, 0.15) is 6.73 Å². The van der Waals surface area contributed by atoms with Gasteiger partial charge in [-0.2, -0.15) is 0 Å². The summed E-state index contributed by atoms with van der Waals surface area (Å²) in [5.74, 6) is -1.55. The van der Waals surface area contributed by atoms with Gasteiger partial charge >= 0.3 is 5.97 Å². The lowest BCUT2D eigenvalue weighted by Gasteiger charge is -2.12. The molecule has 18 heavy (non-hydrogen) atoms. The van der Waals surface area contributed by atoms with Crippen LogP contribution in [-0.4, -0.2) is 24.9 Å². The highest BCUT2D eigenvalue weighted by molar-refractivity contribution is 7.98. The second kappa shape index (κ2) is 6.97. The molecule has 0 amide bonds. The molecule has 0 aromatic heterocycles. The number of ether oxygens (including phenoxy) is 1. The molecular formula is C11H14N2O4S. The number of carbonyl (C=O) groups is 1. The minimum Gasteiger partial charge on any atom is -0.481 e. The van der Waals surface area contributed by atoms with Crippen molar-refractivity contribution in [3.8, 4) is 0 Å². The van der Waals surface area contributed by atoms with Crippen LogP contribution in [0.25, 0.3) is 0 Å². The van der Waals surface area contributed by atoms with Gasteiger partial charge < -0.3 is 15.2 Å². The maximum atomic E-state index is 10.9. The van der Waals surface area contributed by atoms with Crippen molar-refractivity contribution in [3.63, 3.8) is 0 Å². The molecule has 2 N–H and O–H groups in total. The summed E-state index contributed by atoms with van der Waals surface area (Å²) in [6.07, 6.45) is 0. The summed E-state index contributed by atoms with van der Waals surface area (Å²) in [7, 11) is 1.54. The van der Waals surface area contributed by atoms with Crippen molar-refractivity contribution in [1.29, 1.82) is 0 Å². The molecule has 1 aromatic carbocycles. The van der Waals surface area contributed by atoms with E-state index in [1.165, 1.54) is 0 Å². The topological polar surface area (TPSA) is 88.0 Å². The summed E-state index contributed by atoms with van der Waals surface area (Å²) < 4.78 is 7.63. The van der Waals surface area contributed by atoms with Gasteiger partial charge in [-0.3, -0.25) is 4.79 Å². The van der Waals surface area contributed by atoms with Gasteiger partial charge in [-0.15, -0.1) is 4.91 Å². The zero-order chi connectivity index (χ0) is 13.5. The van der Waals surface area contributed by atoms with Gasteiger partial charge in [0, 0.05) is 11.7 Å². The van der Waals surface area contributed by atoms with Crippen LogP contribution in [0.4, 0.5) is 5.69 Å². The van der Waals surface area contributed by atoms with Gasteiger partial charge in [0.15, 0.2) is 0 Å². The normalized spacial score (nSPS) is 11.9. The summed E-state index contributed by atoms with van der Waals surface area (Å²) in [5.41, 5.74) is 1.31. The third-order valence-electron chi connectivity index (χ3n) is 2.42. The second-order valence-corrected chi connectivity index (χ2v) is 4.36. The molecule has 7 heteroatoms. The van der Waals surface area contributed by atoms with Crippen LogP contribution in [0.15, 0.2) is 27.7 Å². The lowest BCUT2D eigenvalue weighted by Crippen LogP contribution is -2.08. The zero-order valence-corrected chi connectivity index (χ0v) is 10.9. The lowest BCUT2D eigenvalue weighted by molar-refractivity contribution is -0.138. The largest absolute Gasteiger partial charge is 0.481 e. The molecule has 0 spiro atoms. The van der Waals surface area contributed by atoms with Crippen LogP contribution in [0.5, 0.6) is 0 Å². The second-order valence-electron chi connectivity index (χ2n) is 3.59. The maximum Gasteiger partial charge on any atom is 0.310 e. The van der Waals surface area contributed by atoms with Gasteiger partial charge in [0.25, 0.3) is 0 Å². The summed E-state index contributed by atoms with van der Waals surface area (Å²) >= 11 is 0.754. The van der Waals surface area contributed by atoms with Crippen LogP contribution in [-0.2, 0) is 9.53 Å². The number of rotatable bonds is 7. The van der Waals surface area contributed by atoms with Gasteiger partial charge in [-0.05, 0) is 24.6 Å². The summed E-state index contributed by atoms with van der Waals surface area (Å²) in [5, 5.41) is 11.9. The predicted molar refractivity (Wildman–Crippen MR) is 69.6 cm³/mol. The van der Waals surface area contributed by atoms with Crippen LogP contribution in [0, 0.1) is 4.91 Å². The molecule has 0 saturated carbocycles. The standard InChI is InChI=1S/C11H14N2O4S/c1-7(11(14)15)8-3-4-9(12-6-17-2)10(5-8)18-13-16/h3-5,7,12H,6H2,1-2H3,(H,14,15). The quantitative estimate of drug-likeness (QED) is 0.450. The number of nitrogens with zero attached hydrogens (tertiary/aromatic N) is 1. The smallest absolute Gasteiger partial charge is 0.310 e. The molecule has 1 unspecified atom stereocenters. The zero-order valence-electron chi connectivity index (χ0n) is 10.0. The molecule has 0 aliphatic rings. The maximum absolute atomic E-state index is 10.9. The number of benzene rings is 1. The number of carboxylic acid groups (broad SMARTS) is 1. The fraction of sp³-hybridized carbons (Fsp3) is 0.364. The first kappa shape index (κ1) is 14.5. The van der Waals surface area contributed by atoms with Gasteiger partial charge in [0.05, 0.1) is 28.4 Å². The van der Waals surface area contributed by atoms with Crippen molar-refractivity contribution in [1.82, 2.24) is 0 Å². The summed E-state index contributed by atoms with van der Waals surface area (Å²) in [6, 6.07) is 5.05. The molecule has 0 fully saturated rings. The molecule has 0 aliphatic carbocycles. The Hall–Kier alpha value is -1.60. The summed E-state index contributed by atoms with van der Waals surface area (Å²) in [6.45, 7) is 1.88. The Labute approximate surface area is 109 Å². The van der Waals surface area contributed by atoms with E-state index < -0.39 is 11.9 Å². The highest BCUT2D eigenvalue weighted by Gasteiger charge is 2.15. The number of hydrogen-bond acceptors (Lipinski definition) is 6. The van der Waals surface area contributed by atoms with E-state index >= 15 is 0 Å². The number of anilines is 1. The van der Waals surface area contributed by atoms with Crippen LogP contribution >= 0.6 is 11.9 Å². The van der Waals surface area contributed by atoms with E-state index in [-0.39, 0.29) is 0 Å². The van der Waals surface area contributed by atoms with Crippen LogP contribution in [0.2, 0.25) is 0 Å². The Balaban J connectivity index is 3.01. The van der Waals surface area contributed by atoms with E-state index in [0.29, 0.717) is 22.9 Å². The Bertz CT molecular complexity index is 439. The fourth-order valence-corrected chi connectivity index (χ4v) is 1.87. The van der Waals surface area contributed by atoms with Crippen molar-refractivity contribution in [2.24, 2.45) is 4.58 Å². The molecule has 1 aromatic rings. The Morgan fingerprint density at radius 1 is 1.61 bits per heavy atom. The Morgan fingerprint density at radius 2 is 2.33 bits per heavy atom. The van der Waals surface area contributed by atoms with E-state index in [2.05, 4.69) is 9.90 Å². The first-order valence-electron chi connectivity index (χ1n) is 5.19. The van der Waals surface area contributed by atoms with Crippen molar-refractivity contribution >= 4 is 23.6 Å². The average molecular weight is 270 g/mol. The monoisotopic (exact) mass is 270 g/mol. The first-order valence-corrected chi connectivity index (χ1v) is 5.96. The highest BCUT2D eigenvalue weighted by atomic mass is 32.2. The third kappa shape index (κ3) is 3.71. The molecule has 0 radical (unpaired) electrons. The number of nitroso groups, excluding NO2 is 1. The molecule has 0 aliphatic heterocycles. The van der Waals surface area contributed by atoms with Crippen LogP contribution in [0.3, 0.4) is 0 Å². The number of nitrogens with one attached hydrogen (secondary N) is 1. The molecular weight excluding hydrogens is 256 g/mol. The van der Waals surface area contributed by atoms with E-state index in [1.54, 1.807) is 32.2 Å². The highest BCUT2D eigenvalue weighted by Crippen LogP contribution is 2.31. The van der Waals surface area contributed by atoms with E-state index in [1.807, 2.05) is 0 Å². The number of aliphatic carboxylic acids is 1. The molecule has 1 atom stereocenters. The van der Waals surface area contributed by atoms with Gasteiger partial charge in [-0.1, -0.05) is 6.07 Å². The minimum atomic E-state index is -0.914. The number of hydrogen-bond donors (Lipinski definition) is 2. The van der Waals surface area contributed by atoms with Crippen molar-refractivity contribution in [3.05, 3.63) is 28.7 Å². The Morgan fingerprint density at radius 3 is 2.89 bits per heavy atom. The van der Waals surface area contributed by atoms with E-state index in [9.17, 15) is 9.70 Å². The molecule has 0 heterocycles. The number of carboxylic acids is 1. The Kier molecular flexibility index (Phi) is 5.60. The average Bonchev–Trinajstić information content (AvgIpc) is 2.36. The van der Waals surface area contributed by atoms with Crippen LogP contribution in [0.1, 0.15) is 18.4 Å². The first-order chi connectivity index (χ1) is 8.60. The van der Waals surface area contributed by atoms with E-state index in [4.69, 9.17) is 9.84 Å². The number of methoxy groups -OCH3 is 1. The molecule has 1 rings (SSSR count). The molecule has 0 saturated heterocycles. The lowest BCUT2D eigenvalue weighted by atomic mass is 10.0. The summed E-state index contributed by atoms with van der Waals surface area (Å²) in [4.78, 5) is 21.8. The van der Waals surface area contributed by atoms with Crippen LogP contribution < -0.4 is 5.32 Å². The van der Waals surface area contributed by atoms with Gasteiger partial charge in [0.2, 0.25) is 0 Å². The van der Waals surface area contributed by atoms with Crippen molar-refractivity contribution in [2.45, 2.75) is 17.7 Å². The molecule has 0 bridgehead atoms. The molecule has 98 valence electrons.